The van der Waals surface area contributed by atoms with Crippen LogP contribution in [0.5, 0.6) is 0 Å². The van der Waals surface area contributed by atoms with Gasteiger partial charge in [-0.25, -0.2) is 0 Å². The van der Waals surface area contributed by atoms with Gasteiger partial charge in [0.05, 0.1) is 5.71 Å². The Bertz CT molecular complexity index is 609. The standard InChI is InChI=1S/C15H14IN3S/c1-11(12-7-9-13(16)10-8-12)18-19-15(20)17-14-5-3-2-4-6-14/h2-10H,1H3,(H2,17,19,20). The van der Waals surface area contributed by atoms with Gasteiger partial charge in [-0.1, -0.05) is 30.3 Å². The van der Waals surface area contributed by atoms with E-state index < -0.39 is 0 Å². The molecule has 3 nitrogen and oxygen atoms in total. The molecule has 0 unspecified atom stereocenters. The van der Waals surface area contributed by atoms with Gasteiger partial charge in [0.15, 0.2) is 5.11 Å². The molecule has 0 aliphatic rings. The summed E-state index contributed by atoms with van der Waals surface area (Å²) in [6.45, 7) is 1.94. The molecular weight excluding hydrogens is 381 g/mol. The molecule has 0 aliphatic carbocycles. The number of hydrazone groups is 1. The monoisotopic (exact) mass is 395 g/mol. The van der Waals surface area contributed by atoms with Crippen LogP contribution in [0, 0.1) is 3.57 Å². The van der Waals surface area contributed by atoms with Crippen LogP contribution in [0.25, 0.3) is 0 Å². The number of thiocarbonyl (C=S) groups is 1. The lowest BCUT2D eigenvalue weighted by atomic mass is 10.1. The Morgan fingerprint density at radius 1 is 1.05 bits per heavy atom. The van der Waals surface area contributed by atoms with Crippen molar-refractivity contribution >= 4 is 51.3 Å². The van der Waals surface area contributed by atoms with E-state index in [0.29, 0.717) is 5.11 Å². The third-order valence-electron chi connectivity index (χ3n) is 2.62. The SMILES string of the molecule is CC(=NNC(=S)Nc1ccccc1)c1ccc(I)cc1. The number of nitrogens with one attached hydrogen (secondary N) is 2. The van der Waals surface area contributed by atoms with Crippen molar-refractivity contribution in [2.45, 2.75) is 6.92 Å². The Labute approximate surface area is 137 Å². The lowest BCUT2D eigenvalue weighted by Gasteiger charge is -2.07. The molecule has 2 aromatic carbocycles. The van der Waals surface area contributed by atoms with Gasteiger partial charge in [-0.05, 0) is 71.6 Å². The predicted molar refractivity (Wildman–Crippen MR) is 97.2 cm³/mol. The first kappa shape index (κ1) is 14.9. The Morgan fingerprint density at radius 2 is 1.70 bits per heavy atom. The van der Waals surface area contributed by atoms with Crippen LogP contribution in [0.4, 0.5) is 5.69 Å². The number of nitrogens with zero attached hydrogens (tertiary/aromatic N) is 1. The van der Waals surface area contributed by atoms with Gasteiger partial charge in [0, 0.05) is 9.26 Å². The van der Waals surface area contributed by atoms with Crippen molar-refractivity contribution < 1.29 is 0 Å². The van der Waals surface area contributed by atoms with Crippen molar-refractivity contribution in [3.05, 3.63) is 63.7 Å². The van der Waals surface area contributed by atoms with E-state index in [0.717, 1.165) is 17.0 Å². The Balaban J connectivity index is 1.95. The summed E-state index contributed by atoms with van der Waals surface area (Å²) in [4.78, 5) is 0. The lowest BCUT2D eigenvalue weighted by Crippen LogP contribution is -2.24. The van der Waals surface area contributed by atoms with Crippen molar-refractivity contribution in [1.29, 1.82) is 0 Å². The van der Waals surface area contributed by atoms with Crippen LogP contribution in [-0.2, 0) is 0 Å². The van der Waals surface area contributed by atoms with Gasteiger partial charge in [0.25, 0.3) is 0 Å². The van der Waals surface area contributed by atoms with Gasteiger partial charge >= 0.3 is 0 Å². The zero-order valence-corrected chi connectivity index (χ0v) is 13.9. The van der Waals surface area contributed by atoms with Crippen LogP contribution in [0.1, 0.15) is 12.5 Å². The van der Waals surface area contributed by atoms with Crippen molar-refractivity contribution in [2.75, 3.05) is 5.32 Å². The summed E-state index contributed by atoms with van der Waals surface area (Å²) in [5.74, 6) is 0. The molecule has 2 aromatic rings. The maximum Gasteiger partial charge on any atom is 0.191 e. The average molecular weight is 395 g/mol. The highest BCUT2D eigenvalue weighted by Gasteiger charge is 1.99. The van der Waals surface area contributed by atoms with E-state index in [1.54, 1.807) is 0 Å². The largest absolute Gasteiger partial charge is 0.331 e. The topological polar surface area (TPSA) is 36.4 Å². The molecule has 0 fully saturated rings. The van der Waals surface area contributed by atoms with Gasteiger partial charge < -0.3 is 5.32 Å². The number of halogens is 1. The minimum absolute atomic E-state index is 0.473. The molecule has 0 aromatic heterocycles. The summed E-state index contributed by atoms with van der Waals surface area (Å²) in [5, 5.41) is 7.82. The average Bonchev–Trinajstić information content (AvgIpc) is 2.46. The molecule has 0 aliphatic heterocycles. The number of anilines is 1. The maximum atomic E-state index is 5.19. The summed E-state index contributed by atoms with van der Waals surface area (Å²) in [6, 6.07) is 17.9. The van der Waals surface area contributed by atoms with E-state index in [4.69, 9.17) is 12.2 Å². The molecule has 0 heterocycles. The van der Waals surface area contributed by atoms with Crippen molar-refractivity contribution in [1.82, 2.24) is 5.43 Å². The van der Waals surface area contributed by atoms with E-state index in [2.05, 4.69) is 50.6 Å². The molecule has 0 amide bonds. The highest BCUT2D eigenvalue weighted by atomic mass is 127. The van der Waals surface area contributed by atoms with E-state index in [1.165, 1.54) is 3.57 Å². The molecule has 0 bridgehead atoms. The van der Waals surface area contributed by atoms with Gasteiger partial charge in [-0.3, -0.25) is 5.43 Å². The summed E-state index contributed by atoms with van der Waals surface area (Å²) in [6.07, 6.45) is 0. The number of hydrogen-bond donors (Lipinski definition) is 2. The number of para-hydroxylation sites is 1. The lowest BCUT2D eigenvalue weighted by molar-refractivity contribution is 1.04. The van der Waals surface area contributed by atoms with Crippen molar-refractivity contribution in [3.8, 4) is 0 Å². The van der Waals surface area contributed by atoms with E-state index in [-0.39, 0.29) is 0 Å². The summed E-state index contributed by atoms with van der Waals surface area (Å²) in [7, 11) is 0. The Morgan fingerprint density at radius 3 is 2.35 bits per heavy atom. The first-order valence-corrected chi connectivity index (χ1v) is 7.56. The third kappa shape index (κ3) is 4.57. The van der Waals surface area contributed by atoms with Crippen LogP contribution in [0.15, 0.2) is 59.7 Å². The molecule has 102 valence electrons. The molecule has 2 rings (SSSR count). The fraction of sp³-hybridized carbons (Fsp3) is 0.0667. The molecule has 0 atom stereocenters. The molecule has 20 heavy (non-hydrogen) atoms. The summed E-state index contributed by atoms with van der Waals surface area (Å²) >= 11 is 7.47. The van der Waals surface area contributed by atoms with Crippen molar-refractivity contribution in [3.63, 3.8) is 0 Å². The fourth-order valence-electron chi connectivity index (χ4n) is 1.57. The molecule has 0 saturated carbocycles. The van der Waals surface area contributed by atoms with Crippen molar-refractivity contribution in [2.24, 2.45) is 5.10 Å². The zero-order valence-electron chi connectivity index (χ0n) is 10.9. The predicted octanol–water partition coefficient (Wildman–Crippen LogP) is 4.00. The van der Waals surface area contributed by atoms with Crippen LogP contribution in [0.3, 0.4) is 0 Å². The normalized spacial score (nSPS) is 11.0. The minimum Gasteiger partial charge on any atom is -0.331 e. The summed E-state index contributed by atoms with van der Waals surface area (Å²) in [5.41, 5.74) is 5.75. The highest BCUT2D eigenvalue weighted by molar-refractivity contribution is 14.1. The van der Waals surface area contributed by atoms with E-state index in [9.17, 15) is 0 Å². The van der Waals surface area contributed by atoms with Crippen LogP contribution < -0.4 is 10.7 Å². The molecule has 0 radical (unpaired) electrons. The second-order valence-corrected chi connectivity index (χ2v) is 5.79. The second kappa shape index (κ2) is 7.35. The highest BCUT2D eigenvalue weighted by Crippen LogP contribution is 2.08. The number of rotatable bonds is 3. The third-order valence-corrected chi connectivity index (χ3v) is 3.53. The van der Waals surface area contributed by atoms with Gasteiger partial charge in [-0.2, -0.15) is 5.10 Å². The molecule has 0 spiro atoms. The fourth-order valence-corrected chi connectivity index (χ4v) is 2.09. The second-order valence-electron chi connectivity index (χ2n) is 4.14. The van der Waals surface area contributed by atoms with Gasteiger partial charge in [-0.15, -0.1) is 0 Å². The smallest absolute Gasteiger partial charge is 0.191 e. The van der Waals surface area contributed by atoms with Gasteiger partial charge in [0.1, 0.15) is 0 Å². The van der Waals surface area contributed by atoms with E-state index in [1.807, 2.05) is 49.4 Å². The summed E-state index contributed by atoms with van der Waals surface area (Å²) < 4.78 is 1.20. The minimum atomic E-state index is 0.473. The van der Waals surface area contributed by atoms with Crippen LogP contribution in [0.2, 0.25) is 0 Å². The quantitative estimate of drug-likeness (QED) is 0.357. The zero-order chi connectivity index (χ0) is 14.4. The Kier molecular flexibility index (Phi) is 5.49. The van der Waals surface area contributed by atoms with Crippen LogP contribution >= 0.6 is 34.8 Å². The van der Waals surface area contributed by atoms with E-state index >= 15 is 0 Å². The van der Waals surface area contributed by atoms with Crippen LogP contribution in [-0.4, -0.2) is 10.8 Å². The molecule has 0 saturated heterocycles. The van der Waals surface area contributed by atoms with Gasteiger partial charge in [0.2, 0.25) is 0 Å². The first-order chi connectivity index (χ1) is 9.65. The number of benzene rings is 2. The number of hydrogen-bond acceptors (Lipinski definition) is 2. The first-order valence-electron chi connectivity index (χ1n) is 6.07. The Hall–Kier alpha value is -1.47. The molecular formula is C15H14IN3S. The molecule has 5 heteroatoms. The molecule has 2 N–H and O–H groups in total. The maximum absolute atomic E-state index is 5.19.